The molecule has 0 unspecified atom stereocenters. The molecule has 1 aromatic carbocycles. The molecule has 0 amide bonds. The van der Waals surface area contributed by atoms with Crippen LogP contribution >= 0.6 is 23.4 Å². The molecule has 1 saturated carbocycles. The Balaban J connectivity index is 1.66. The number of anilines is 1. The zero-order valence-corrected chi connectivity index (χ0v) is 13.2. The first kappa shape index (κ1) is 14.1. The molecule has 2 aliphatic rings. The van der Waals surface area contributed by atoms with E-state index in [1.165, 1.54) is 31.4 Å². The van der Waals surface area contributed by atoms with E-state index in [2.05, 4.69) is 5.32 Å². The minimum Gasteiger partial charge on any atom is -0.495 e. The lowest BCUT2D eigenvalue weighted by molar-refractivity contribution is 0.359. The van der Waals surface area contributed by atoms with Crippen molar-refractivity contribution in [3.05, 3.63) is 23.2 Å². The third-order valence-corrected chi connectivity index (χ3v) is 5.70. The molecule has 3 rings (SSSR count). The molecule has 1 heterocycles. The van der Waals surface area contributed by atoms with Gasteiger partial charge in [-0.05, 0) is 36.5 Å². The fourth-order valence-corrected chi connectivity index (χ4v) is 4.35. The number of halogens is 1. The van der Waals surface area contributed by atoms with Crippen molar-refractivity contribution in [3.63, 3.8) is 0 Å². The molecule has 5 heteroatoms. The van der Waals surface area contributed by atoms with Crippen molar-refractivity contribution in [1.82, 2.24) is 0 Å². The van der Waals surface area contributed by atoms with Crippen molar-refractivity contribution in [2.45, 2.75) is 25.7 Å². The summed E-state index contributed by atoms with van der Waals surface area (Å²) in [6.45, 7) is 0.965. The second-order valence-corrected chi connectivity index (χ2v) is 6.96. The van der Waals surface area contributed by atoms with Gasteiger partial charge in [-0.15, -0.1) is 0 Å². The zero-order chi connectivity index (χ0) is 14.0. The molecule has 0 bridgehead atoms. The number of ether oxygens (including phenoxy) is 1. The lowest BCUT2D eigenvalue weighted by Crippen LogP contribution is -2.30. The van der Waals surface area contributed by atoms with E-state index in [0.717, 1.165) is 17.4 Å². The molecule has 1 aliphatic carbocycles. The van der Waals surface area contributed by atoms with Crippen LogP contribution in [0.4, 0.5) is 5.69 Å². The monoisotopic (exact) mass is 310 g/mol. The molecule has 1 aliphatic heterocycles. The van der Waals surface area contributed by atoms with Crippen LogP contribution in [0, 0.1) is 5.41 Å². The largest absolute Gasteiger partial charge is 0.495 e. The molecule has 1 spiro atoms. The number of benzene rings is 1. The first-order valence-corrected chi connectivity index (χ1v) is 8.35. The van der Waals surface area contributed by atoms with E-state index >= 15 is 0 Å². The van der Waals surface area contributed by atoms with Gasteiger partial charge in [0.25, 0.3) is 0 Å². The van der Waals surface area contributed by atoms with Crippen molar-refractivity contribution in [1.29, 1.82) is 0 Å². The van der Waals surface area contributed by atoms with Crippen LogP contribution in [0.5, 0.6) is 5.75 Å². The predicted octanol–water partition coefficient (Wildman–Crippen LogP) is 4.42. The maximum atomic E-state index is 6.13. The number of nitrogens with zero attached hydrogens (tertiary/aromatic N) is 1. The highest BCUT2D eigenvalue weighted by Gasteiger charge is 2.36. The van der Waals surface area contributed by atoms with Gasteiger partial charge < -0.3 is 10.1 Å². The Morgan fingerprint density at radius 1 is 1.35 bits per heavy atom. The minimum absolute atomic E-state index is 0.480. The summed E-state index contributed by atoms with van der Waals surface area (Å²) in [7, 11) is 1.62. The number of methoxy groups -OCH3 is 1. The van der Waals surface area contributed by atoms with Gasteiger partial charge in [0.15, 0.2) is 5.17 Å². The number of hydrogen-bond donors (Lipinski definition) is 1. The Bertz CT molecular complexity index is 527. The third-order valence-electron chi connectivity index (χ3n) is 4.14. The highest BCUT2D eigenvalue weighted by molar-refractivity contribution is 8.14. The SMILES string of the molecule is COc1ccc(NC2=NCC3(CCCC3)CS2)cc1Cl. The van der Waals surface area contributed by atoms with Gasteiger partial charge in [-0.3, -0.25) is 4.99 Å². The zero-order valence-electron chi connectivity index (χ0n) is 11.6. The van der Waals surface area contributed by atoms with Gasteiger partial charge in [0, 0.05) is 18.0 Å². The summed E-state index contributed by atoms with van der Waals surface area (Å²) in [5.41, 5.74) is 1.44. The molecule has 0 saturated heterocycles. The van der Waals surface area contributed by atoms with Crippen LogP contribution < -0.4 is 10.1 Å². The Morgan fingerprint density at radius 2 is 2.15 bits per heavy atom. The van der Waals surface area contributed by atoms with E-state index < -0.39 is 0 Å². The third kappa shape index (κ3) is 2.91. The Kier molecular flexibility index (Phi) is 4.13. The molecule has 108 valence electrons. The van der Waals surface area contributed by atoms with Crippen molar-refractivity contribution in [2.24, 2.45) is 10.4 Å². The van der Waals surface area contributed by atoms with Gasteiger partial charge in [-0.25, -0.2) is 0 Å². The summed E-state index contributed by atoms with van der Waals surface area (Å²) in [5.74, 6) is 1.88. The molecular formula is C15H19ClN2OS. The second kappa shape index (κ2) is 5.86. The van der Waals surface area contributed by atoms with Gasteiger partial charge in [0.1, 0.15) is 5.75 Å². The van der Waals surface area contributed by atoms with Crippen molar-refractivity contribution < 1.29 is 4.74 Å². The number of thioether (sulfide) groups is 1. The van der Waals surface area contributed by atoms with E-state index in [9.17, 15) is 0 Å². The predicted molar refractivity (Wildman–Crippen MR) is 87.3 cm³/mol. The van der Waals surface area contributed by atoms with Crippen LogP contribution in [0.25, 0.3) is 0 Å². The van der Waals surface area contributed by atoms with Crippen LogP contribution in [0.1, 0.15) is 25.7 Å². The highest BCUT2D eigenvalue weighted by atomic mass is 35.5. The number of hydrogen-bond acceptors (Lipinski definition) is 4. The van der Waals surface area contributed by atoms with E-state index in [-0.39, 0.29) is 0 Å². The molecule has 1 aromatic rings. The molecule has 0 radical (unpaired) electrons. The molecule has 1 N–H and O–H groups in total. The smallest absolute Gasteiger partial charge is 0.161 e. The van der Waals surface area contributed by atoms with E-state index in [0.29, 0.717) is 16.2 Å². The van der Waals surface area contributed by atoms with Crippen molar-refractivity contribution in [2.75, 3.05) is 24.7 Å². The van der Waals surface area contributed by atoms with Gasteiger partial charge >= 0.3 is 0 Å². The van der Waals surface area contributed by atoms with E-state index in [4.69, 9.17) is 21.3 Å². The van der Waals surface area contributed by atoms with Crippen LogP contribution in [0.2, 0.25) is 5.02 Å². The topological polar surface area (TPSA) is 33.6 Å². The van der Waals surface area contributed by atoms with E-state index in [1.54, 1.807) is 7.11 Å². The Labute approximate surface area is 129 Å². The summed E-state index contributed by atoms with van der Waals surface area (Å²) >= 11 is 7.97. The average Bonchev–Trinajstić information content (AvgIpc) is 2.90. The van der Waals surface area contributed by atoms with Crippen molar-refractivity contribution in [3.8, 4) is 5.75 Å². The maximum Gasteiger partial charge on any atom is 0.161 e. The normalized spacial score (nSPS) is 20.8. The summed E-state index contributed by atoms with van der Waals surface area (Å²) in [6.07, 6.45) is 5.41. The lowest BCUT2D eigenvalue weighted by Gasteiger charge is -2.31. The number of aliphatic imine (C=N–C) groups is 1. The highest BCUT2D eigenvalue weighted by Crippen LogP contribution is 2.43. The van der Waals surface area contributed by atoms with Gasteiger partial charge in [0.05, 0.1) is 12.1 Å². The van der Waals surface area contributed by atoms with Gasteiger partial charge in [-0.2, -0.15) is 0 Å². The van der Waals surface area contributed by atoms with Gasteiger partial charge in [-0.1, -0.05) is 36.2 Å². The Morgan fingerprint density at radius 3 is 2.75 bits per heavy atom. The quantitative estimate of drug-likeness (QED) is 0.877. The van der Waals surface area contributed by atoms with Gasteiger partial charge in [0.2, 0.25) is 0 Å². The number of rotatable bonds is 2. The van der Waals surface area contributed by atoms with Crippen LogP contribution in [0.15, 0.2) is 23.2 Å². The number of nitrogens with one attached hydrogen (secondary N) is 1. The molecule has 1 fully saturated rings. The second-order valence-electron chi connectivity index (χ2n) is 5.59. The summed E-state index contributed by atoms with van der Waals surface area (Å²) < 4.78 is 5.16. The van der Waals surface area contributed by atoms with Crippen LogP contribution in [-0.4, -0.2) is 24.6 Å². The Hall–Kier alpha value is -0.870. The first-order chi connectivity index (χ1) is 9.71. The average molecular weight is 311 g/mol. The van der Waals surface area contributed by atoms with Crippen molar-refractivity contribution >= 4 is 34.2 Å². The van der Waals surface area contributed by atoms with Crippen LogP contribution in [-0.2, 0) is 0 Å². The molecule has 20 heavy (non-hydrogen) atoms. The minimum atomic E-state index is 0.480. The fourth-order valence-electron chi connectivity index (χ4n) is 2.92. The summed E-state index contributed by atoms with van der Waals surface area (Å²) in [6, 6.07) is 5.72. The summed E-state index contributed by atoms with van der Waals surface area (Å²) in [4.78, 5) is 4.73. The standard InChI is InChI=1S/C15H19ClN2OS/c1-19-13-5-4-11(8-12(13)16)18-14-17-9-15(10-20-14)6-2-3-7-15/h4-5,8H,2-3,6-7,9-10H2,1H3,(H,17,18). The summed E-state index contributed by atoms with van der Waals surface area (Å²) in [5, 5.41) is 4.97. The number of amidine groups is 1. The fraction of sp³-hybridized carbons (Fsp3) is 0.533. The molecular weight excluding hydrogens is 292 g/mol. The molecule has 0 aromatic heterocycles. The molecule has 3 nitrogen and oxygen atoms in total. The lowest BCUT2D eigenvalue weighted by atomic mass is 9.89. The first-order valence-electron chi connectivity index (χ1n) is 6.99. The van der Waals surface area contributed by atoms with Crippen LogP contribution in [0.3, 0.4) is 0 Å². The van der Waals surface area contributed by atoms with E-state index in [1.807, 2.05) is 30.0 Å². The molecule has 0 atom stereocenters. The maximum absolute atomic E-state index is 6.13.